The molecule has 0 unspecified atom stereocenters. The minimum absolute atomic E-state index is 0.663. The fraction of sp³-hybridized carbons (Fsp3) is 0.538. The maximum Gasteiger partial charge on any atom is 0.127 e. The largest absolute Gasteiger partial charge is 0.370 e. The van der Waals surface area contributed by atoms with Crippen LogP contribution < -0.4 is 10.6 Å². The second kappa shape index (κ2) is 5.65. The molecule has 0 spiro atoms. The van der Waals surface area contributed by atoms with Crippen LogP contribution in [0, 0.1) is 18.3 Å². The van der Waals surface area contributed by atoms with E-state index in [-0.39, 0.29) is 0 Å². The van der Waals surface area contributed by atoms with Crippen LogP contribution in [0.15, 0.2) is 12.1 Å². The van der Waals surface area contributed by atoms with Crippen LogP contribution in [0.5, 0.6) is 0 Å². The van der Waals surface area contributed by atoms with E-state index in [2.05, 4.69) is 21.7 Å². The first kappa shape index (κ1) is 11.9. The zero-order valence-corrected chi connectivity index (χ0v) is 10.2. The number of anilines is 1. The third-order valence-corrected chi connectivity index (χ3v) is 2.75. The van der Waals surface area contributed by atoms with E-state index < -0.39 is 0 Å². The Morgan fingerprint density at radius 2 is 2.24 bits per heavy atom. The normalized spacial score (nSPS) is 14.4. The Bertz CT molecular complexity index is 418. The van der Waals surface area contributed by atoms with Crippen LogP contribution in [0.4, 0.5) is 5.82 Å². The number of nitriles is 1. The number of hydrogen-bond donors (Lipinski definition) is 2. The van der Waals surface area contributed by atoms with Crippen molar-refractivity contribution in [2.45, 2.75) is 32.2 Å². The predicted octanol–water partition coefficient (Wildman–Crippen LogP) is 1.82. The van der Waals surface area contributed by atoms with Crippen molar-refractivity contribution in [3.8, 4) is 6.07 Å². The van der Waals surface area contributed by atoms with Crippen LogP contribution in [0.1, 0.15) is 30.5 Å². The van der Waals surface area contributed by atoms with Crippen LogP contribution in [0.25, 0.3) is 0 Å². The molecule has 0 amide bonds. The van der Waals surface area contributed by atoms with Crippen molar-refractivity contribution in [2.24, 2.45) is 0 Å². The highest BCUT2D eigenvalue weighted by Crippen LogP contribution is 2.18. The molecule has 2 N–H and O–H groups in total. The molecule has 4 heteroatoms. The Hall–Kier alpha value is -1.60. The Morgan fingerprint density at radius 3 is 2.94 bits per heavy atom. The molecule has 0 aliphatic heterocycles. The van der Waals surface area contributed by atoms with Gasteiger partial charge in [0, 0.05) is 18.3 Å². The summed E-state index contributed by atoms with van der Waals surface area (Å²) in [5, 5.41) is 15.6. The summed E-state index contributed by atoms with van der Waals surface area (Å²) in [5.74, 6) is 0.799. The quantitative estimate of drug-likeness (QED) is 0.732. The van der Waals surface area contributed by atoms with Gasteiger partial charge in [0.1, 0.15) is 5.82 Å². The average molecular weight is 230 g/mol. The molecule has 1 fully saturated rings. The number of nitrogens with zero attached hydrogens (tertiary/aromatic N) is 2. The highest BCUT2D eigenvalue weighted by molar-refractivity contribution is 5.44. The molecule has 1 aliphatic carbocycles. The molecule has 1 aromatic heterocycles. The van der Waals surface area contributed by atoms with Gasteiger partial charge in [-0.3, -0.25) is 0 Å². The topological polar surface area (TPSA) is 60.7 Å². The van der Waals surface area contributed by atoms with Crippen molar-refractivity contribution in [2.75, 3.05) is 18.4 Å². The molecule has 1 aromatic rings. The van der Waals surface area contributed by atoms with E-state index in [0.29, 0.717) is 5.56 Å². The molecule has 0 saturated heterocycles. The van der Waals surface area contributed by atoms with E-state index in [0.717, 1.165) is 37.1 Å². The van der Waals surface area contributed by atoms with E-state index in [9.17, 15) is 0 Å². The van der Waals surface area contributed by atoms with Crippen LogP contribution in [0.3, 0.4) is 0 Å². The number of rotatable bonds is 6. The fourth-order valence-corrected chi connectivity index (χ4v) is 1.72. The fourth-order valence-electron chi connectivity index (χ4n) is 1.72. The molecule has 0 atom stereocenters. The Labute approximate surface area is 102 Å². The first-order valence-electron chi connectivity index (χ1n) is 6.14. The molecule has 0 radical (unpaired) electrons. The van der Waals surface area contributed by atoms with Gasteiger partial charge in [0.25, 0.3) is 0 Å². The Balaban J connectivity index is 1.73. The molecule has 0 bridgehead atoms. The number of pyridine rings is 1. The molecule has 1 aliphatic rings. The van der Waals surface area contributed by atoms with Gasteiger partial charge in [-0.05, 0) is 44.9 Å². The van der Waals surface area contributed by atoms with Gasteiger partial charge in [-0.15, -0.1) is 0 Å². The lowest BCUT2D eigenvalue weighted by Crippen LogP contribution is -2.20. The first-order valence-corrected chi connectivity index (χ1v) is 6.14. The summed E-state index contributed by atoms with van der Waals surface area (Å²) >= 11 is 0. The number of aromatic nitrogens is 1. The minimum atomic E-state index is 0.663. The van der Waals surface area contributed by atoms with Crippen LogP contribution in [0.2, 0.25) is 0 Å². The molecule has 4 nitrogen and oxygen atoms in total. The second-order valence-corrected chi connectivity index (χ2v) is 4.50. The summed E-state index contributed by atoms with van der Waals surface area (Å²) in [6.07, 6.45) is 3.74. The third-order valence-electron chi connectivity index (χ3n) is 2.75. The van der Waals surface area contributed by atoms with E-state index >= 15 is 0 Å². The number of nitrogens with one attached hydrogen (secondary N) is 2. The summed E-state index contributed by atoms with van der Waals surface area (Å²) in [6, 6.07) is 6.50. The van der Waals surface area contributed by atoms with Gasteiger partial charge >= 0.3 is 0 Å². The SMILES string of the molecule is Cc1cc(C#N)cc(NCCCNC2CC2)n1. The summed E-state index contributed by atoms with van der Waals surface area (Å²) in [7, 11) is 0. The lowest BCUT2D eigenvalue weighted by Gasteiger charge is -2.07. The van der Waals surface area contributed by atoms with Crippen molar-refractivity contribution >= 4 is 5.82 Å². The number of aryl methyl sites for hydroxylation is 1. The first-order chi connectivity index (χ1) is 8.28. The Morgan fingerprint density at radius 1 is 1.41 bits per heavy atom. The maximum absolute atomic E-state index is 8.85. The molecular formula is C13H18N4. The molecule has 1 saturated carbocycles. The van der Waals surface area contributed by atoms with E-state index in [1.54, 1.807) is 12.1 Å². The molecule has 2 rings (SSSR count). The second-order valence-electron chi connectivity index (χ2n) is 4.50. The molecular weight excluding hydrogens is 212 g/mol. The molecule has 90 valence electrons. The van der Waals surface area contributed by atoms with Crippen molar-refractivity contribution in [1.82, 2.24) is 10.3 Å². The van der Waals surface area contributed by atoms with Gasteiger partial charge in [-0.2, -0.15) is 5.26 Å². The smallest absolute Gasteiger partial charge is 0.127 e. The van der Waals surface area contributed by atoms with Gasteiger partial charge in [-0.1, -0.05) is 0 Å². The van der Waals surface area contributed by atoms with Gasteiger partial charge in [0.05, 0.1) is 11.6 Å². The van der Waals surface area contributed by atoms with Gasteiger partial charge in [0.15, 0.2) is 0 Å². The van der Waals surface area contributed by atoms with Crippen molar-refractivity contribution in [1.29, 1.82) is 5.26 Å². The third kappa shape index (κ3) is 4.04. The van der Waals surface area contributed by atoms with Gasteiger partial charge in [0.2, 0.25) is 0 Å². The van der Waals surface area contributed by atoms with E-state index in [1.165, 1.54) is 12.8 Å². The summed E-state index contributed by atoms with van der Waals surface area (Å²) in [6.45, 7) is 3.84. The van der Waals surface area contributed by atoms with E-state index in [1.807, 2.05) is 6.92 Å². The average Bonchev–Trinajstić information content (AvgIpc) is 3.12. The summed E-state index contributed by atoms with van der Waals surface area (Å²) in [4.78, 5) is 4.34. The lowest BCUT2D eigenvalue weighted by molar-refractivity contribution is 0.658. The highest BCUT2D eigenvalue weighted by atomic mass is 15.0. The van der Waals surface area contributed by atoms with Crippen LogP contribution in [-0.2, 0) is 0 Å². The summed E-state index contributed by atoms with van der Waals surface area (Å²) in [5.41, 5.74) is 1.54. The van der Waals surface area contributed by atoms with Crippen molar-refractivity contribution in [3.05, 3.63) is 23.4 Å². The highest BCUT2D eigenvalue weighted by Gasteiger charge is 2.19. The monoisotopic (exact) mass is 230 g/mol. The maximum atomic E-state index is 8.85. The molecule has 1 heterocycles. The van der Waals surface area contributed by atoms with Gasteiger partial charge < -0.3 is 10.6 Å². The van der Waals surface area contributed by atoms with Crippen LogP contribution in [-0.4, -0.2) is 24.1 Å². The van der Waals surface area contributed by atoms with Crippen molar-refractivity contribution < 1.29 is 0 Å². The molecule has 17 heavy (non-hydrogen) atoms. The standard InChI is InChI=1S/C13H18N4/c1-10-7-11(9-14)8-13(17-10)16-6-2-5-15-12-3-4-12/h7-8,12,15H,2-6H2,1H3,(H,16,17). The van der Waals surface area contributed by atoms with Gasteiger partial charge in [-0.25, -0.2) is 4.98 Å². The summed E-state index contributed by atoms with van der Waals surface area (Å²) < 4.78 is 0. The minimum Gasteiger partial charge on any atom is -0.370 e. The number of hydrogen-bond acceptors (Lipinski definition) is 4. The predicted molar refractivity (Wildman–Crippen MR) is 67.8 cm³/mol. The van der Waals surface area contributed by atoms with Crippen molar-refractivity contribution in [3.63, 3.8) is 0 Å². The lowest BCUT2D eigenvalue weighted by atomic mass is 10.2. The molecule has 0 aromatic carbocycles. The van der Waals surface area contributed by atoms with Crippen LogP contribution >= 0.6 is 0 Å². The Kier molecular flexibility index (Phi) is 3.94. The zero-order chi connectivity index (χ0) is 12.1. The van der Waals surface area contributed by atoms with E-state index in [4.69, 9.17) is 5.26 Å². The zero-order valence-electron chi connectivity index (χ0n) is 10.2.